The molecule has 0 aromatic heterocycles. The Kier molecular flexibility index (Phi) is 4.15. The Morgan fingerprint density at radius 3 is 2.67 bits per heavy atom. The Morgan fingerprint density at radius 2 is 2.27 bits per heavy atom. The van der Waals surface area contributed by atoms with E-state index in [0.29, 0.717) is 5.92 Å². The van der Waals surface area contributed by atoms with E-state index in [1.165, 1.54) is 16.8 Å². The summed E-state index contributed by atoms with van der Waals surface area (Å²) in [4.78, 5) is 0. The van der Waals surface area contributed by atoms with E-state index in [0.717, 1.165) is 6.42 Å². The summed E-state index contributed by atoms with van der Waals surface area (Å²) >= 11 is 0. The Labute approximate surface area is 92.7 Å². The van der Waals surface area contributed by atoms with E-state index in [2.05, 4.69) is 31.0 Å². The van der Waals surface area contributed by atoms with Crippen LogP contribution >= 0.6 is 0 Å². The van der Waals surface area contributed by atoms with Gasteiger partial charge in [0.05, 0.1) is 6.10 Å². The van der Waals surface area contributed by atoms with Crippen molar-refractivity contribution in [3.05, 3.63) is 35.6 Å². The molecule has 1 aliphatic carbocycles. The molecule has 2 unspecified atom stereocenters. The molecule has 0 aromatic carbocycles. The molecule has 2 heteroatoms. The van der Waals surface area contributed by atoms with Crippen LogP contribution in [0.1, 0.15) is 20.3 Å². The summed E-state index contributed by atoms with van der Waals surface area (Å²) in [6.45, 7) is 8.12. The molecule has 0 spiro atoms. The van der Waals surface area contributed by atoms with Gasteiger partial charge in [-0.15, -0.1) is 0 Å². The van der Waals surface area contributed by atoms with Gasteiger partial charge >= 0.3 is 0 Å². The minimum absolute atomic E-state index is 0.161. The molecule has 1 fully saturated rings. The third kappa shape index (κ3) is 3.56. The lowest BCUT2D eigenvalue weighted by molar-refractivity contribution is 0.155. The van der Waals surface area contributed by atoms with Crippen LogP contribution in [0.15, 0.2) is 35.6 Å². The fourth-order valence-electron chi connectivity index (χ4n) is 1.48. The van der Waals surface area contributed by atoms with Gasteiger partial charge in [-0.25, -0.2) is 0 Å². The molecule has 1 saturated carbocycles. The molecule has 84 valence electrons. The number of allylic oxidation sites excluding steroid dienone is 4. The summed E-state index contributed by atoms with van der Waals surface area (Å²) in [5.41, 5.74) is 3.81. The summed E-state index contributed by atoms with van der Waals surface area (Å²) < 4.78 is 5.25. The van der Waals surface area contributed by atoms with Crippen LogP contribution in [0.4, 0.5) is 0 Å². The van der Waals surface area contributed by atoms with Crippen LogP contribution in [0.5, 0.6) is 0 Å². The highest BCUT2D eigenvalue weighted by molar-refractivity contribution is 5.40. The van der Waals surface area contributed by atoms with Gasteiger partial charge in [0.2, 0.25) is 0 Å². The predicted molar refractivity (Wildman–Crippen MR) is 64.6 cm³/mol. The normalized spacial score (nSPS) is 24.0. The van der Waals surface area contributed by atoms with E-state index < -0.39 is 0 Å². The molecule has 0 amide bonds. The molecule has 0 heterocycles. The summed E-state index contributed by atoms with van der Waals surface area (Å²) in [6.07, 6.45) is 5.63. The number of hydrogen-bond donors (Lipinski definition) is 1. The fourth-order valence-corrected chi connectivity index (χ4v) is 1.48. The predicted octanol–water partition coefficient (Wildman–Crippen LogP) is 2.65. The van der Waals surface area contributed by atoms with Gasteiger partial charge < -0.3 is 10.1 Å². The quantitative estimate of drug-likeness (QED) is 0.553. The van der Waals surface area contributed by atoms with Crippen LogP contribution in [0, 0.1) is 5.92 Å². The molecule has 1 rings (SSSR count). The number of nitrogens with one attached hydrogen (secondary N) is 1. The van der Waals surface area contributed by atoms with Gasteiger partial charge in [0.25, 0.3) is 0 Å². The Bertz CT molecular complexity index is 302. The van der Waals surface area contributed by atoms with Crippen LogP contribution in [-0.4, -0.2) is 20.3 Å². The van der Waals surface area contributed by atoms with Gasteiger partial charge in [-0.2, -0.15) is 0 Å². The lowest BCUT2D eigenvalue weighted by Crippen LogP contribution is -2.05. The van der Waals surface area contributed by atoms with Crippen molar-refractivity contribution in [1.29, 1.82) is 0 Å². The summed E-state index contributed by atoms with van der Waals surface area (Å²) in [7, 11) is 3.67. The SMILES string of the molecule is C=C1CC1C(=C/C(C)OC)/C=C(\C)NC. The summed E-state index contributed by atoms with van der Waals surface area (Å²) in [5, 5.41) is 3.13. The standard InChI is InChI=1S/C13H21NO/c1-9-6-13(9)12(7-10(2)14-4)8-11(3)15-5/h7-8,11,13-14H,1,6H2,2-5H3/b10-7+,12-8+. The Balaban J connectivity index is 2.79. The third-order valence-corrected chi connectivity index (χ3v) is 2.78. The van der Waals surface area contributed by atoms with Crippen molar-refractivity contribution in [1.82, 2.24) is 5.32 Å². The van der Waals surface area contributed by atoms with E-state index >= 15 is 0 Å². The van der Waals surface area contributed by atoms with Gasteiger partial charge in [0.15, 0.2) is 0 Å². The molecule has 0 bridgehead atoms. The molecule has 0 saturated heterocycles. The lowest BCUT2D eigenvalue weighted by Gasteiger charge is -2.08. The van der Waals surface area contributed by atoms with Crippen LogP contribution in [0.2, 0.25) is 0 Å². The first kappa shape index (κ1) is 12.1. The van der Waals surface area contributed by atoms with Gasteiger partial charge in [0.1, 0.15) is 0 Å². The van der Waals surface area contributed by atoms with Crippen LogP contribution in [0.3, 0.4) is 0 Å². The second-order valence-corrected chi connectivity index (χ2v) is 4.10. The lowest BCUT2D eigenvalue weighted by atomic mass is 10.1. The number of rotatable bonds is 5. The van der Waals surface area contributed by atoms with Crippen molar-refractivity contribution in [2.75, 3.05) is 14.2 Å². The molecule has 1 N–H and O–H groups in total. The summed E-state index contributed by atoms with van der Waals surface area (Å²) in [6, 6.07) is 0. The van der Waals surface area contributed by atoms with E-state index in [1.54, 1.807) is 7.11 Å². The molecule has 1 aliphatic rings. The number of hydrogen-bond acceptors (Lipinski definition) is 2. The fraction of sp³-hybridized carbons (Fsp3) is 0.538. The molecule has 0 aliphatic heterocycles. The molecule has 2 atom stereocenters. The minimum Gasteiger partial charge on any atom is -0.392 e. The minimum atomic E-state index is 0.161. The molecular formula is C13H21NO. The second kappa shape index (κ2) is 5.17. The van der Waals surface area contributed by atoms with E-state index in [9.17, 15) is 0 Å². The van der Waals surface area contributed by atoms with Crippen LogP contribution in [0.25, 0.3) is 0 Å². The first-order valence-electron chi connectivity index (χ1n) is 5.36. The smallest absolute Gasteiger partial charge is 0.0729 e. The molecular weight excluding hydrogens is 186 g/mol. The van der Waals surface area contributed by atoms with E-state index in [4.69, 9.17) is 4.74 Å². The van der Waals surface area contributed by atoms with Gasteiger partial charge in [-0.3, -0.25) is 0 Å². The maximum absolute atomic E-state index is 5.25. The number of ether oxygens (including phenoxy) is 1. The van der Waals surface area contributed by atoms with Gasteiger partial charge in [0, 0.05) is 25.8 Å². The maximum atomic E-state index is 5.25. The highest BCUT2D eigenvalue weighted by Crippen LogP contribution is 2.42. The van der Waals surface area contributed by atoms with Gasteiger partial charge in [-0.1, -0.05) is 18.2 Å². The van der Waals surface area contributed by atoms with Crippen molar-refractivity contribution >= 4 is 0 Å². The van der Waals surface area contributed by atoms with Crippen molar-refractivity contribution in [2.45, 2.75) is 26.4 Å². The average Bonchev–Trinajstić information content (AvgIpc) is 2.94. The van der Waals surface area contributed by atoms with E-state index in [1.807, 2.05) is 14.0 Å². The topological polar surface area (TPSA) is 21.3 Å². The molecule has 15 heavy (non-hydrogen) atoms. The van der Waals surface area contributed by atoms with Crippen molar-refractivity contribution in [3.63, 3.8) is 0 Å². The Hall–Kier alpha value is -1.02. The van der Waals surface area contributed by atoms with Crippen LogP contribution < -0.4 is 5.32 Å². The largest absolute Gasteiger partial charge is 0.392 e. The zero-order valence-corrected chi connectivity index (χ0v) is 10.1. The van der Waals surface area contributed by atoms with Gasteiger partial charge in [-0.05, 0) is 31.9 Å². The van der Waals surface area contributed by atoms with E-state index in [-0.39, 0.29) is 6.10 Å². The Morgan fingerprint density at radius 1 is 1.67 bits per heavy atom. The number of methoxy groups -OCH3 is 1. The maximum Gasteiger partial charge on any atom is 0.0729 e. The zero-order chi connectivity index (χ0) is 11.4. The zero-order valence-electron chi connectivity index (χ0n) is 10.1. The molecule has 2 nitrogen and oxygen atoms in total. The second-order valence-electron chi connectivity index (χ2n) is 4.10. The first-order chi connectivity index (χ1) is 7.08. The van der Waals surface area contributed by atoms with Crippen molar-refractivity contribution in [2.24, 2.45) is 5.92 Å². The monoisotopic (exact) mass is 207 g/mol. The highest BCUT2D eigenvalue weighted by atomic mass is 16.5. The van der Waals surface area contributed by atoms with Crippen molar-refractivity contribution < 1.29 is 4.74 Å². The summed E-state index contributed by atoms with van der Waals surface area (Å²) in [5.74, 6) is 0.547. The first-order valence-corrected chi connectivity index (χ1v) is 5.36. The highest BCUT2D eigenvalue weighted by Gasteiger charge is 2.30. The average molecular weight is 207 g/mol. The third-order valence-electron chi connectivity index (χ3n) is 2.78. The van der Waals surface area contributed by atoms with Crippen molar-refractivity contribution in [3.8, 4) is 0 Å². The molecule has 0 aromatic rings. The molecule has 0 radical (unpaired) electrons. The van der Waals surface area contributed by atoms with Crippen LogP contribution in [-0.2, 0) is 4.74 Å².